The van der Waals surface area contributed by atoms with Crippen LogP contribution in [0.1, 0.15) is 27.2 Å². The van der Waals surface area contributed by atoms with Crippen molar-refractivity contribution in [1.82, 2.24) is 9.47 Å². The standard InChI is InChI=1S/C27H24BrF3N2O2/c1-17-24(26(34)20-9-10-23(28)19-6-3-2-5-18(19)20)21-7-4-8-22(27(29,30)31)25(21)33(17)12-11-32-13-15-35-16-14-32/h2-10H,11-16H2,1H3. The zero-order chi connectivity index (χ0) is 24.7. The lowest BCUT2D eigenvalue weighted by atomic mass is 9.95. The number of hydrogen-bond donors (Lipinski definition) is 0. The number of aromatic nitrogens is 1. The Balaban J connectivity index is 1.68. The molecule has 4 nitrogen and oxygen atoms in total. The van der Waals surface area contributed by atoms with Crippen molar-refractivity contribution in [3.8, 4) is 0 Å². The summed E-state index contributed by atoms with van der Waals surface area (Å²) in [5.41, 5.74) is 0.675. The van der Waals surface area contributed by atoms with E-state index in [1.807, 2.05) is 30.3 Å². The zero-order valence-corrected chi connectivity index (χ0v) is 20.7. The highest BCUT2D eigenvalue weighted by molar-refractivity contribution is 9.10. The van der Waals surface area contributed by atoms with Gasteiger partial charge in [0.25, 0.3) is 0 Å². The molecular weight excluding hydrogens is 521 g/mol. The van der Waals surface area contributed by atoms with Crippen molar-refractivity contribution < 1.29 is 22.7 Å². The molecule has 0 N–H and O–H groups in total. The first-order chi connectivity index (χ1) is 16.8. The van der Waals surface area contributed by atoms with Crippen molar-refractivity contribution >= 4 is 43.4 Å². The van der Waals surface area contributed by atoms with E-state index in [0.717, 1.165) is 34.4 Å². The largest absolute Gasteiger partial charge is 0.418 e. The van der Waals surface area contributed by atoms with Gasteiger partial charge in [0.15, 0.2) is 5.78 Å². The Morgan fingerprint density at radius 3 is 2.34 bits per heavy atom. The SMILES string of the molecule is Cc1c(C(=O)c2ccc(Br)c3ccccc23)c2cccc(C(F)(F)F)c2n1CCN1CCOCC1. The number of benzene rings is 3. The highest BCUT2D eigenvalue weighted by Gasteiger charge is 2.36. The third kappa shape index (κ3) is 4.39. The number of carbonyl (C=O) groups excluding carboxylic acids is 1. The molecule has 1 aliphatic heterocycles. The molecule has 0 unspecified atom stereocenters. The predicted octanol–water partition coefficient (Wildman–Crippen LogP) is 6.45. The summed E-state index contributed by atoms with van der Waals surface area (Å²) in [4.78, 5) is 16.1. The molecule has 0 bridgehead atoms. The third-order valence-corrected chi connectivity index (χ3v) is 7.42. The number of rotatable bonds is 5. The van der Waals surface area contributed by atoms with Crippen LogP contribution >= 0.6 is 15.9 Å². The van der Waals surface area contributed by atoms with E-state index in [1.165, 1.54) is 6.07 Å². The Morgan fingerprint density at radius 2 is 1.63 bits per heavy atom. The van der Waals surface area contributed by atoms with Gasteiger partial charge in [-0.2, -0.15) is 13.2 Å². The van der Waals surface area contributed by atoms with Gasteiger partial charge in [-0.25, -0.2) is 0 Å². The van der Waals surface area contributed by atoms with Gasteiger partial charge >= 0.3 is 6.18 Å². The van der Waals surface area contributed by atoms with Crippen LogP contribution in [0.15, 0.2) is 59.1 Å². The molecule has 8 heteroatoms. The highest BCUT2D eigenvalue weighted by Crippen LogP contribution is 2.39. The Kier molecular flexibility index (Phi) is 6.46. The van der Waals surface area contributed by atoms with Crippen molar-refractivity contribution in [2.24, 2.45) is 0 Å². The molecule has 0 atom stereocenters. The summed E-state index contributed by atoms with van der Waals surface area (Å²) in [6.45, 7) is 5.37. The summed E-state index contributed by atoms with van der Waals surface area (Å²) in [7, 11) is 0. The van der Waals surface area contributed by atoms with Crippen LogP contribution in [-0.4, -0.2) is 48.1 Å². The fourth-order valence-corrected chi connectivity index (χ4v) is 5.47. The summed E-state index contributed by atoms with van der Waals surface area (Å²) in [5.74, 6) is -0.277. The molecule has 1 fully saturated rings. The van der Waals surface area contributed by atoms with E-state index < -0.39 is 11.7 Å². The van der Waals surface area contributed by atoms with Gasteiger partial charge in [-0.1, -0.05) is 52.3 Å². The molecule has 1 aromatic heterocycles. The number of halogens is 4. The normalized spacial score (nSPS) is 15.2. The lowest BCUT2D eigenvalue weighted by Crippen LogP contribution is -2.38. The molecule has 182 valence electrons. The van der Waals surface area contributed by atoms with Gasteiger partial charge in [-0.3, -0.25) is 9.69 Å². The number of hydrogen-bond acceptors (Lipinski definition) is 3. The molecule has 35 heavy (non-hydrogen) atoms. The molecule has 0 spiro atoms. The fraction of sp³-hybridized carbons (Fsp3) is 0.296. The number of alkyl halides is 3. The average molecular weight is 545 g/mol. The van der Waals surface area contributed by atoms with E-state index in [-0.39, 0.29) is 11.3 Å². The maximum absolute atomic E-state index is 14.1. The molecule has 0 radical (unpaired) electrons. The Hall–Kier alpha value is -2.68. The third-order valence-electron chi connectivity index (χ3n) is 6.73. The fourth-order valence-electron chi connectivity index (χ4n) is 4.99. The second-order valence-electron chi connectivity index (χ2n) is 8.74. The number of ketones is 1. The molecule has 4 aromatic rings. The van der Waals surface area contributed by atoms with Crippen LogP contribution in [0.3, 0.4) is 0 Å². The minimum Gasteiger partial charge on any atom is -0.379 e. The summed E-state index contributed by atoms with van der Waals surface area (Å²) >= 11 is 3.53. The quantitative estimate of drug-likeness (QED) is 0.271. The van der Waals surface area contributed by atoms with Gasteiger partial charge in [0.1, 0.15) is 0 Å². The second-order valence-corrected chi connectivity index (χ2v) is 9.59. The summed E-state index contributed by atoms with van der Waals surface area (Å²) in [6, 6.07) is 15.2. The van der Waals surface area contributed by atoms with Crippen LogP contribution < -0.4 is 0 Å². The number of morpholine rings is 1. The number of nitrogens with zero attached hydrogens (tertiary/aromatic N) is 2. The maximum Gasteiger partial charge on any atom is 0.418 e. The van der Waals surface area contributed by atoms with Crippen LogP contribution in [0.5, 0.6) is 0 Å². The van der Waals surface area contributed by atoms with Gasteiger partial charge in [0, 0.05) is 47.3 Å². The maximum atomic E-state index is 14.1. The zero-order valence-electron chi connectivity index (χ0n) is 19.2. The Bertz CT molecular complexity index is 1420. The molecule has 5 rings (SSSR count). The Morgan fingerprint density at radius 1 is 0.943 bits per heavy atom. The van der Waals surface area contributed by atoms with Crippen LogP contribution in [-0.2, 0) is 17.5 Å². The highest BCUT2D eigenvalue weighted by atomic mass is 79.9. The molecule has 0 saturated carbocycles. The predicted molar refractivity (Wildman–Crippen MR) is 134 cm³/mol. The van der Waals surface area contributed by atoms with Crippen molar-refractivity contribution in [2.75, 3.05) is 32.8 Å². The minimum absolute atomic E-state index is 0.0653. The topological polar surface area (TPSA) is 34.5 Å². The molecule has 3 aromatic carbocycles. The van der Waals surface area contributed by atoms with Gasteiger partial charge < -0.3 is 9.30 Å². The number of para-hydroxylation sites is 1. The van der Waals surface area contributed by atoms with Crippen LogP contribution in [0, 0.1) is 6.92 Å². The average Bonchev–Trinajstić information content (AvgIpc) is 3.13. The van der Waals surface area contributed by atoms with E-state index in [9.17, 15) is 18.0 Å². The van der Waals surface area contributed by atoms with Gasteiger partial charge in [-0.05, 0) is 35.9 Å². The van der Waals surface area contributed by atoms with Crippen molar-refractivity contribution in [1.29, 1.82) is 0 Å². The first-order valence-electron chi connectivity index (χ1n) is 11.5. The molecule has 1 aliphatic rings. The minimum atomic E-state index is -4.54. The monoisotopic (exact) mass is 544 g/mol. The number of ether oxygens (including phenoxy) is 1. The van der Waals surface area contributed by atoms with Gasteiger partial charge in [-0.15, -0.1) is 0 Å². The van der Waals surface area contributed by atoms with Crippen LogP contribution in [0.2, 0.25) is 0 Å². The van der Waals surface area contributed by atoms with Crippen LogP contribution in [0.25, 0.3) is 21.7 Å². The molecule has 0 aliphatic carbocycles. The molecule has 2 heterocycles. The van der Waals surface area contributed by atoms with E-state index in [4.69, 9.17) is 4.74 Å². The van der Waals surface area contributed by atoms with E-state index in [0.29, 0.717) is 48.5 Å². The van der Waals surface area contributed by atoms with Crippen molar-refractivity contribution in [3.63, 3.8) is 0 Å². The summed E-state index contributed by atoms with van der Waals surface area (Å²) < 4.78 is 50.2. The number of carbonyl (C=O) groups is 1. The van der Waals surface area contributed by atoms with Crippen molar-refractivity contribution in [2.45, 2.75) is 19.6 Å². The van der Waals surface area contributed by atoms with Crippen LogP contribution in [0.4, 0.5) is 13.2 Å². The second kappa shape index (κ2) is 9.41. The first kappa shape index (κ1) is 24.0. The van der Waals surface area contributed by atoms with Gasteiger partial charge in [0.05, 0.1) is 29.9 Å². The summed E-state index contributed by atoms with van der Waals surface area (Å²) in [6.07, 6.45) is -4.54. The lowest BCUT2D eigenvalue weighted by molar-refractivity contribution is -0.136. The molecule has 1 saturated heterocycles. The number of fused-ring (bicyclic) bond motifs is 2. The van der Waals surface area contributed by atoms with E-state index in [1.54, 1.807) is 23.6 Å². The van der Waals surface area contributed by atoms with Gasteiger partial charge in [0.2, 0.25) is 0 Å². The molecule has 0 amide bonds. The first-order valence-corrected chi connectivity index (χ1v) is 12.3. The Labute approximate surface area is 209 Å². The van der Waals surface area contributed by atoms with E-state index in [2.05, 4.69) is 20.8 Å². The molecular formula is C27H24BrF3N2O2. The van der Waals surface area contributed by atoms with E-state index >= 15 is 0 Å². The summed E-state index contributed by atoms with van der Waals surface area (Å²) in [5, 5.41) is 1.96. The lowest BCUT2D eigenvalue weighted by Gasteiger charge is -2.27. The smallest absolute Gasteiger partial charge is 0.379 e. The van der Waals surface area contributed by atoms with Crippen molar-refractivity contribution in [3.05, 3.63) is 81.5 Å².